The highest BCUT2D eigenvalue weighted by molar-refractivity contribution is 7.98. The second kappa shape index (κ2) is 13.8. The number of H-pyrrole nitrogens is 1. The number of carbonyl (C=O) groups is 4. The van der Waals surface area contributed by atoms with E-state index in [1.165, 1.54) is 18.7 Å². The highest BCUT2D eigenvalue weighted by atomic mass is 32.2. The number of amides is 3. The smallest absolute Gasteiger partial charge is 0.326 e. The second-order valence-electron chi connectivity index (χ2n) is 8.32. The minimum Gasteiger partial charge on any atom is -0.480 e. The highest BCUT2D eigenvalue weighted by Gasteiger charge is 2.33. The van der Waals surface area contributed by atoms with Crippen molar-refractivity contribution in [2.45, 2.75) is 50.0 Å². The van der Waals surface area contributed by atoms with E-state index >= 15 is 0 Å². The molecule has 198 valence electrons. The van der Waals surface area contributed by atoms with E-state index in [0.717, 1.165) is 10.9 Å². The molecule has 5 unspecified atom stereocenters. The Morgan fingerprint density at radius 2 is 1.72 bits per heavy atom. The van der Waals surface area contributed by atoms with Gasteiger partial charge < -0.3 is 42.0 Å². The average Bonchev–Trinajstić information content (AvgIpc) is 3.26. The molecule has 1 aromatic heterocycles. The van der Waals surface area contributed by atoms with Crippen molar-refractivity contribution >= 4 is 46.4 Å². The molecule has 0 aliphatic heterocycles. The Labute approximate surface area is 212 Å². The van der Waals surface area contributed by atoms with Crippen LogP contribution in [0.15, 0.2) is 30.5 Å². The molecule has 0 fully saturated rings. The number of hydrogen-bond donors (Lipinski definition) is 8. The van der Waals surface area contributed by atoms with Gasteiger partial charge in [0.1, 0.15) is 24.2 Å². The Morgan fingerprint density at radius 1 is 1.06 bits per heavy atom. The van der Waals surface area contributed by atoms with Crippen molar-refractivity contribution in [3.8, 4) is 0 Å². The molecular weight excluding hydrogens is 490 g/mol. The number of thioether (sulfide) groups is 1. The van der Waals surface area contributed by atoms with Gasteiger partial charge in [-0.25, -0.2) is 4.79 Å². The number of carbonyl (C=O) groups excluding carboxylic acids is 3. The van der Waals surface area contributed by atoms with Crippen molar-refractivity contribution in [2.75, 3.05) is 18.6 Å². The van der Waals surface area contributed by atoms with Gasteiger partial charge in [0.25, 0.3) is 0 Å². The van der Waals surface area contributed by atoms with Crippen molar-refractivity contribution in [3.05, 3.63) is 36.0 Å². The normalized spacial score (nSPS) is 15.4. The summed E-state index contributed by atoms with van der Waals surface area (Å²) in [6.45, 7) is 0.635. The number of carboxylic acids is 1. The minimum atomic E-state index is -1.48. The summed E-state index contributed by atoms with van der Waals surface area (Å²) in [5.74, 6) is -3.21. The summed E-state index contributed by atoms with van der Waals surface area (Å²) in [5, 5.41) is 36.8. The number of aliphatic hydroxyl groups is 2. The number of para-hydroxylation sites is 1. The number of nitrogens with two attached hydrogens (primary N) is 1. The third-order valence-corrected chi connectivity index (χ3v) is 6.20. The Bertz CT molecular complexity index is 1060. The molecular formula is C23H33N5O7S. The number of aliphatic hydroxyl groups excluding tert-OH is 2. The molecule has 12 nitrogen and oxygen atoms in total. The molecule has 0 saturated heterocycles. The molecule has 5 atom stereocenters. The number of aromatic nitrogens is 1. The van der Waals surface area contributed by atoms with Crippen LogP contribution in [0.2, 0.25) is 0 Å². The first-order valence-electron chi connectivity index (χ1n) is 11.3. The predicted molar refractivity (Wildman–Crippen MR) is 135 cm³/mol. The maximum Gasteiger partial charge on any atom is 0.326 e. The summed E-state index contributed by atoms with van der Waals surface area (Å²) in [5.41, 5.74) is 7.10. The maximum atomic E-state index is 13.2. The lowest BCUT2D eigenvalue weighted by Gasteiger charge is -2.26. The van der Waals surface area contributed by atoms with E-state index in [0.29, 0.717) is 11.3 Å². The number of nitrogens with one attached hydrogen (secondary N) is 4. The van der Waals surface area contributed by atoms with Crippen molar-refractivity contribution < 1.29 is 34.5 Å². The van der Waals surface area contributed by atoms with Crippen molar-refractivity contribution in [1.29, 1.82) is 0 Å². The Hall–Kier alpha value is -3.13. The first-order valence-corrected chi connectivity index (χ1v) is 12.7. The van der Waals surface area contributed by atoms with Crippen LogP contribution in [0, 0.1) is 0 Å². The van der Waals surface area contributed by atoms with Crippen LogP contribution in [0.3, 0.4) is 0 Å². The standard InChI is InChI=1S/C23H33N5O7S/c1-12(30)19(22(33)26-17(23(34)35)7-8-36-2)28-21(32)18(27-20(31)15(24)11-29)9-13-10-25-16-6-4-3-5-14(13)16/h3-6,10,12,15,17-19,25,29-30H,7-9,11,24H2,1-2H3,(H,26,33)(H,27,31)(H,28,32)(H,34,35). The fourth-order valence-electron chi connectivity index (χ4n) is 3.51. The van der Waals surface area contributed by atoms with Gasteiger partial charge in [-0.15, -0.1) is 0 Å². The maximum absolute atomic E-state index is 13.2. The minimum absolute atomic E-state index is 0.0133. The third kappa shape index (κ3) is 7.95. The number of carboxylic acid groups (broad SMARTS) is 1. The number of hydrogen-bond acceptors (Lipinski definition) is 8. The van der Waals surface area contributed by atoms with Crippen LogP contribution in [0.25, 0.3) is 10.9 Å². The van der Waals surface area contributed by atoms with Gasteiger partial charge in [-0.1, -0.05) is 18.2 Å². The zero-order valence-electron chi connectivity index (χ0n) is 20.1. The van der Waals surface area contributed by atoms with Gasteiger partial charge >= 0.3 is 5.97 Å². The summed E-state index contributed by atoms with van der Waals surface area (Å²) in [4.78, 5) is 53.0. The molecule has 0 bridgehead atoms. The molecule has 0 spiro atoms. The molecule has 2 aromatic rings. The molecule has 36 heavy (non-hydrogen) atoms. The van der Waals surface area contributed by atoms with E-state index in [9.17, 15) is 34.5 Å². The van der Waals surface area contributed by atoms with E-state index in [4.69, 9.17) is 5.73 Å². The van der Waals surface area contributed by atoms with Crippen molar-refractivity contribution in [1.82, 2.24) is 20.9 Å². The van der Waals surface area contributed by atoms with Crippen LogP contribution >= 0.6 is 11.8 Å². The van der Waals surface area contributed by atoms with Crippen LogP contribution in [0.1, 0.15) is 18.9 Å². The van der Waals surface area contributed by atoms with E-state index in [1.54, 1.807) is 12.5 Å². The van der Waals surface area contributed by atoms with Crippen LogP contribution in [-0.2, 0) is 25.6 Å². The topological polar surface area (TPSA) is 207 Å². The largest absolute Gasteiger partial charge is 0.480 e. The number of rotatable bonds is 14. The van der Waals surface area contributed by atoms with Gasteiger partial charge in [0, 0.05) is 23.5 Å². The number of aliphatic carboxylic acids is 1. The number of benzene rings is 1. The Balaban J connectivity index is 2.25. The van der Waals surface area contributed by atoms with Crippen molar-refractivity contribution in [2.24, 2.45) is 5.73 Å². The zero-order chi connectivity index (χ0) is 26.8. The lowest BCUT2D eigenvalue weighted by Crippen LogP contribution is -2.60. The second-order valence-corrected chi connectivity index (χ2v) is 9.31. The molecule has 3 amide bonds. The van der Waals surface area contributed by atoms with Gasteiger partial charge in [-0.3, -0.25) is 14.4 Å². The van der Waals surface area contributed by atoms with Crippen LogP contribution in [0.4, 0.5) is 0 Å². The number of aromatic amines is 1. The van der Waals surface area contributed by atoms with Crippen molar-refractivity contribution in [3.63, 3.8) is 0 Å². The average molecular weight is 524 g/mol. The summed E-state index contributed by atoms with van der Waals surface area (Å²) in [6, 6.07) is 2.17. The van der Waals surface area contributed by atoms with Crippen LogP contribution in [0.5, 0.6) is 0 Å². The van der Waals surface area contributed by atoms with E-state index < -0.39 is 60.6 Å². The first-order chi connectivity index (χ1) is 17.1. The fraction of sp³-hybridized carbons (Fsp3) is 0.478. The summed E-state index contributed by atoms with van der Waals surface area (Å²) >= 11 is 1.41. The summed E-state index contributed by atoms with van der Waals surface area (Å²) < 4.78 is 0. The van der Waals surface area contributed by atoms with Crippen LogP contribution in [-0.4, -0.2) is 92.9 Å². The quantitative estimate of drug-likeness (QED) is 0.148. The predicted octanol–water partition coefficient (Wildman–Crippen LogP) is -1.30. The first kappa shape index (κ1) is 29.1. The van der Waals surface area contributed by atoms with Gasteiger partial charge in [-0.2, -0.15) is 11.8 Å². The molecule has 0 aliphatic rings. The van der Waals surface area contributed by atoms with Gasteiger partial charge in [0.2, 0.25) is 17.7 Å². The molecule has 1 heterocycles. The van der Waals surface area contributed by atoms with E-state index in [-0.39, 0.29) is 12.8 Å². The molecule has 0 aliphatic carbocycles. The molecule has 9 N–H and O–H groups in total. The number of fused-ring (bicyclic) bond motifs is 1. The van der Waals surface area contributed by atoms with Crippen LogP contribution < -0.4 is 21.7 Å². The van der Waals surface area contributed by atoms with E-state index in [2.05, 4.69) is 20.9 Å². The molecule has 1 aromatic carbocycles. The summed E-state index contributed by atoms with van der Waals surface area (Å²) in [6.07, 6.45) is 2.28. The zero-order valence-corrected chi connectivity index (χ0v) is 20.9. The molecule has 2 rings (SSSR count). The lowest BCUT2D eigenvalue weighted by atomic mass is 10.0. The van der Waals surface area contributed by atoms with Gasteiger partial charge in [0.05, 0.1) is 12.7 Å². The lowest BCUT2D eigenvalue weighted by molar-refractivity contribution is -0.143. The SMILES string of the molecule is CSCCC(NC(=O)C(NC(=O)C(Cc1c[nH]c2ccccc12)NC(=O)C(N)CO)C(C)O)C(=O)O. The summed E-state index contributed by atoms with van der Waals surface area (Å²) in [7, 11) is 0. The van der Waals surface area contributed by atoms with Gasteiger partial charge in [-0.05, 0) is 37.0 Å². The third-order valence-electron chi connectivity index (χ3n) is 5.55. The molecule has 13 heteroatoms. The van der Waals surface area contributed by atoms with Gasteiger partial charge in [0.15, 0.2) is 0 Å². The monoisotopic (exact) mass is 523 g/mol. The fourth-order valence-corrected chi connectivity index (χ4v) is 3.98. The molecule has 0 radical (unpaired) electrons. The van der Waals surface area contributed by atoms with E-state index in [1.807, 2.05) is 24.3 Å². The highest BCUT2D eigenvalue weighted by Crippen LogP contribution is 2.19. The molecule has 0 saturated carbocycles. The Kier molecular flexibility index (Phi) is 11.2. The Morgan fingerprint density at radius 3 is 2.33 bits per heavy atom.